The molecule has 2 heterocycles. The van der Waals surface area contributed by atoms with Gasteiger partial charge in [-0.1, -0.05) is 42.5 Å². The fourth-order valence-electron chi connectivity index (χ4n) is 3.04. The van der Waals surface area contributed by atoms with Crippen molar-refractivity contribution in [3.63, 3.8) is 0 Å². The Morgan fingerprint density at radius 3 is 2.62 bits per heavy atom. The molecule has 3 N–H and O–H groups in total. The van der Waals surface area contributed by atoms with Crippen molar-refractivity contribution in [1.29, 1.82) is 0 Å². The Labute approximate surface area is 141 Å². The van der Waals surface area contributed by atoms with Gasteiger partial charge < -0.3 is 10.7 Å². The number of aromatic nitrogens is 2. The number of nitrogens with one attached hydrogen (secondary N) is 1. The first-order chi connectivity index (χ1) is 11.8. The number of hydrogen-bond donors (Lipinski definition) is 2. The number of benzene rings is 2. The number of anilines is 1. The molecule has 0 spiro atoms. The highest BCUT2D eigenvalue weighted by atomic mass is 14.8. The largest absolute Gasteiger partial charge is 0.384 e. The van der Waals surface area contributed by atoms with E-state index in [2.05, 4.69) is 58.5 Å². The van der Waals surface area contributed by atoms with E-state index in [9.17, 15) is 0 Å². The molecule has 4 rings (SSSR count). The first-order valence-electron chi connectivity index (χ1n) is 8.16. The maximum atomic E-state index is 5.75. The Morgan fingerprint density at radius 1 is 0.833 bits per heavy atom. The van der Waals surface area contributed by atoms with Gasteiger partial charge in [-0.05, 0) is 59.2 Å². The van der Waals surface area contributed by atoms with E-state index < -0.39 is 0 Å². The van der Waals surface area contributed by atoms with Gasteiger partial charge >= 0.3 is 0 Å². The van der Waals surface area contributed by atoms with Gasteiger partial charge in [0, 0.05) is 17.4 Å². The van der Waals surface area contributed by atoms with Gasteiger partial charge in [0.1, 0.15) is 5.82 Å². The molecule has 2 aromatic carbocycles. The van der Waals surface area contributed by atoms with E-state index in [1.54, 1.807) is 0 Å². The van der Waals surface area contributed by atoms with Gasteiger partial charge in [-0.3, -0.25) is 0 Å². The van der Waals surface area contributed by atoms with Gasteiger partial charge in [-0.15, -0.1) is 0 Å². The summed E-state index contributed by atoms with van der Waals surface area (Å²) in [5.41, 5.74) is 11.7. The van der Waals surface area contributed by atoms with Crippen LogP contribution in [0, 0.1) is 0 Å². The second-order valence-electron chi connectivity index (χ2n) is 6.03. The zero-order valence-corrected chi connectivity index (χ0v) is 13.4. The second kappa shape index (κ2) is 6.20. The Hall–Kier alpha value is -3.07. The van der Waals surface area contributed by atoms with Crippen molar-refractivity contribution < 1.29 is 0 Å². The van der Waals surface area contributed by atoms with Crippen molar-refractivity contribution in [2.75, 3.05) is 5.73 Å². The van der Waals surface area contributed by atoms with Crippen LogP contribution < -0.4 is 5.73 Å². The summed E-state index contributed by atoms with van der Waals surface area (Å²) in [6, 6.07) is 23.1. The summed E-state index contributed by atoms with van der Waals surface area (Å²) in [6.45, 7) is 0. The molecule has 0 aliphatic carbocycles. The van der Waals surface area contributed by atoms with E-state index >= 15 is 0 Å². The summed E-state index contributed by atoms with van der Waals surface area (Å²) in [6.07, 6.45) is 3.82. The topological polar surface area (TPSA) is 54.7 Å². The molecule has 0 fully saturated rings. The fraction of sp³-hybridized carbons (Fsp3) is 0.0952. The third-order valence-electron chi connectivity index (χ3n) is 4.31. The van der Waals surface area contributed by atoms with Crippen molar-refractivity contribution in [3.05, 3.63) is 84.2 Å². The molecule has 0 bridgehead atoms. The molecule has 3 nitrogen and oxygen atoms in total. The SMILES string of the molecule is Nc1cccc(CCc2cccc(-c3ccc4cc[nH]c4c3)c2)n1. The van der Waals surface area contributed by atoms with Crippen LogP contribution in [0.4, 0.5) is 5.82 Å². The number of aryl methyl sites for hydroxylation is 2. The predicted molar refractivity (Wildman–Crippen MR) is 99.8 cm³/mol. The Balaban J connectivity index is 1.56. The number of nitrogens with two attached hydrogens (primary N) is 1. The van der Waals surface area contributed by atoms with E-state index in [0.29, 0.717) is 5.82 Å². The van der Waals surface area contributed by atoms with Crippen LogP contribution in [0.25, 0.3) is 22.0 Å². The normalized spacial score (nSPS) is 11.0. The van der Waals surface area contributed by atoms with Gasteiger partial charge in [-0.2, -0.15) is 0 Å². The summed E-state index contributed by atoms with van der Waals surface area (Å²) in [5.74, 6) is 0.584. The number of nitrogen functional groups attached to an aromatic ring is 1. The van der Waals surface area contributed by atoms with Crippen molar-refractivity contribution in [1.82, 2.24) is 9.97 Å². The monoisotopic (exact) mass is 313 g/mol. The van der Waals surface area contributed by atoms with Crippen LogP contribution in [0.3, 0.4) is 0 Å². The van der Waals surface area contributed by atoms with Crippen molar-refractivity contribution >= 4 is 16.7 Å². The molecule has 0 aliphatic rings. The minimum Gasteiger partial charge on any atom is -0.384 e. The van der Waals surface area contributed by atoms with Gasteiger partial charge in [0.15, 0.2) is 0 Å². The Bertz CT molecular complexity index is 985. The van der Waals surface area contributed by atoms with Crippen molar-refractivity contribution in [3.8, 4) is 11.1 Å². The lowest BCUT2D eigenvalue weighted by molar-refractivity contribution is 0.917. The molecule has 4 aromatic rings. The zero-order valence-electron chi connectivity index (χ0n) is 13.4. The lowest BCUT2D eigenvalue weighted by Crippen LogP contribution is -1.97. The van der Waals surface area contributed by atoms with Crippen molar-refractivity contribution in [2.45, 2.75) is 12.8 Å². The quantitative estimate of drug-likeness (QED) is 0.578. The third-order valence-corrected chi connectivity index (χ3v) is 4.31. The molecule has 0 atom stereocenters. The molecule has 118 valence electrons. The lowest BCUT2D eigenvalue weighted by atomic mass is 9.99. The smallest absolute Gasteiger partial charge is 0.123 e. The summed E-state index contributed by atoms with van der Waals surface area (Å²) < 4.78 is 0. The van der Waals surface area contributed by atoms with Gasteiger partial charge in [0.05, 0.1) is 0 Å². The highest BCUT2D eigenvalue weighted by Crippen LogP contribution is 2.25. The average molecular weight is 313 g/mol. The fourth-order valence-corrected chi connectivity index (χ4v) is 3.04. The maximum absolute atomic E-state index is 5.75. The molecule has 0 saturated heterocycles. The van der Waals surface area contributed by atoms with Crippen LogP contribution in [-0.4, -0.2) is 9.97 Å². The Morgan fingerprint density at radius 2 is 1.71 bits per heavy atom. The van der Waals surface area contributed by atoms with Crippen LogP contribution in [0.1, 0.15) is 11.3 Å². The van der Waals surface area contributed by atoms with E-state index in [-0.39, 0.29) is 0 Å². The first kappa shape index (κ1) is 14.5. The molecule has 0 amide bonds. The molecular weight excluding hydrogens is 294 g/mol. The second-order valence-corrected chi connectivity index (χ2v) is 6.03. The predicted octanol–water partition coefficient (Wildman–Crippen LogP) is 4.60. The molecule has 0 unspecified atom stereocenters. The Kier molecular flexibility index (Phi) is 3.75. The number of aromatic amines is 1. The number of rotatable bonds is 4. The van der Waals surface area contributed by atoms with Gasteiger partial charge in [0.25, 0.3) is 0 Å². The highest BCUT2D eigenvalue weighted by Gasteiger charge is 2.03. The molecular formula is C21H19N3. The number of nitrogens with zero attached hydrogens (tertiary/aromatic N) is 1. The van der Waals surface area contributed by atoms with Crippen LogP contribution >= 0.6 is 0 Å². The minimum atomic E-state index is 0.584. The van der Waals surface area contributed by atoms with Gasteiger partial charge in [0.2, 0.25) is 0 Å². The number of fused-ring (bicyclic) bond motifs is 1. The summed E-state index contributed by atoms with van der Waals surface area (Å²) in [4.78, 5) is 7.65. The average Bonchev–Trinajstić information content (AvgIpc) is 3.08. The summed E-state index contributed by atoms with van der Waals surface area (Å²) in [5, 5.41) is 1.24. The highest BCUT2D eigenvalue weighted by molar-refractivity contribution is 5.84. The standard InChI is InChI=1S/C21H19N3/c22-21-6-2-5-19(24-21)10-7-15-3-1-4-17(13-15)18-9-8-16-11-12-23-20(16)14-18/h1-6,8-9,11-14,23H,7,10H2,(H2,22,24). The van der Waals surface area contributed by atoms with Crippen LogP contribution in [-0.2, 0) is 12.8 Å². The molecule has 0 radical (unpaired) electrons. The minimum absolute atomic E-state index is 0.584. The number of pyridine rings is 1. The molecule has 24 heavy (non-hydrogen) atoms. The maximum Gasteiger partial charge on any atom is 0.123 e. The van der Waals surface area contributed by atoms with E-state index in [1.807, 2.05) is 24.4 Å². The molecule has 0 aliphatic heterocycles. The van der Waals surface area contributed by atoms with Crippen molar-refractivity contribution in [2.24, 2.45) is 0 Å². The summed E-state index contributed by atoms with van der Waals surface area (Å²) in [7, 11) is 0. The number of hydrogen-bond acceptors (Lipinski definition) is 2. The van der Waals surface area contributed by atoms with E-state index in [1.165, 1.54) is 27.6 Å². The lowest BCUT2D eigenvalue weighted by Gasteiger charge is -2.07. The third kappa shape index (κ3) is 3.01. The number of H-pyrrole nitrogens is 1. The van der Waals surface area contributed by atoms with Crippen LogP contribution in [0.2, 0.25) is 0 Å². The van der Waals surface area contributed by atoms with E-state index in [0.717, 1.165) is 18.5 Å². The first-order valence-corrected chi connectivity index (χ1v) is 8.16. The molecule has 0 saturated carbocycles. The van der Waals surface area contributed by atoms with Gasteiger partial charge in [-0.25, -0.2) is 4.98 Å². The molecule has 2 aromatic heterocycles. The van der Waals surface area contributed by atoms with E-state index in [4.69, 9.17) is 5.73 Å². The molecule has 3 heteroatoms. The zero-order chi connectivity index (χ0) is 16.4. The van der Waals surface area contributed by atoms with Crippen LogP contribution in [0.15, 0.2) is 72.9 Å². The summed E-state index contributed by atoms with van der Waals surface area (Å²) >= 11 is 0. The van der Waals surface area contributed by atoms with Crippen LogP contribution in [0.5, 0.6) is 0 Å².